The van der Waals surface area contributed by atoms with E-state index < -0.39 is 0 Å². The number of rotatable bonds is 4. The van der Waals surface area contributed by atoms with Gasteiger partial charge >= 0.3 is 0 Å². The maximum atomic E-state index is 13.5. The first-order chi connectivity index (χ1) is 13.7. The fourth-order valence-corrected chi connectivity index (χ4v) is 3.83. The van der Waals surface area contributed by atoms with Crippen LogP contribution in [-0.2, 0) is 6.54 Å². The average molecular weight is 376 g/mol. The highest BCUT2D eigenvalue weighted by atomic mass is 16.2. The predicted molar refractivity (Wildman–Crippen MR) is 109 cm³/mol. The minimum atomic E-state index is -0.234. The lowest BCUT2D eigenvalue weighted by atomic mass is 10.1. The molecule has 6 heteroatoms. The maximum absolute atomic E-state index is 13.5. The van der Waals surface area contributed by atoms with E-state index in [9.17, 15) is 9.59 Å². The summed E-state index contributed by atoms with van der Waals surface area (Å²) in [5, 5.41) is 4.76. The second-order valence-corrected chi connectivity index (χ2v) is 7.19. The lowest BCUT2D eigenvalue weighted by Gasteiger charge is -2.31. The number of aromatic amines is 1. The number of pyridine rings is 2. The molecular weight excluding hydrogens is 352 g/mol. The molecule has 1 atom stereocenters. The fourth-order valence-electron chi connectivity index (χ4n) is 3.83. The van der Waals surface area contributed by atoms with Gasteiger partial charge in [-0.05, 0) is 62.0 Å². The van der Waals surface area contributed by atoms with Crippen LogP contribution in [-0.4, -0.2) is 39.9 Å². The SMILES string of the molecule is O=C(c1cc2ccccc2c(=O)[nH]1)N(Cc1ccccn1)C1CCCNCC1. The molecule has 1 fully saturated rings. The highest BCUT2D eigenvalue weighted by molar-refractivity contribution is 5.96. The highest BCUT2D eigenvalue weighted by Gasteiger charge is 2.27. The fraction of sp³-hybridized carbons (Fsp3) is 0.318. The predicted octanol–water partition coefficient (Wildman–Crippen LogP) is 2.71. The number of H-pyrrole nitrogens is 1. The Labute approximate surface area is 163 Å². The summed E-state index contributed by atoms with van der Waals surface area (Å²) < 4.78 is 0. The molecule has 1 amide bonds. The molecule has 1 unspecified atom stereocenters. The number of benzene rings is 1. The Bertz CT molecular complexity index is 1010. The summed E-state index contributed by atoms with van der Waals surface area (Å²) in [5.41, 5.74) is 0.940. The molecule has 4 rings (SSSR count). The van der Waals surface area contributed by atoms with Gasteiger partial charge in [0, 0.05) is 17.6 Å². The Hall–Kier alpha value is -2.99. The van der Waals surface area contributed by atoms with Gasteiger partial charge in [-0.15, -0.1) is 0 Å². The number of nitrogens with one attached hydrogen (secondary N) is 2. The Balaban J connectivity index is 1.70. The Morgan fingerprint density at radius 3 is 2.82 bits per heavy atom. The lowest BCUT2D eigenvalue weighted by molar-refractivity contribution is 0.0636. The third kappa shape index (κ3) is 3.97. The van der Waals surface area contributed by atoms with Crippen LogP contribution in [0, 0.1) is 0 Å². The molecule has 0 aliphatic carbocycles. The van der Waals surface area contributed by atoms with Crippen molar-refractivity contribution < 1.29 is 4.79 Å². The van der Waals surface area contributed by atoms with E-state index in [4.69, 9.17) is 0 Å². The van der Waals surface area contributed by atoms with E-state index in [1.165, 1.54) is 0 Å². The van der Waals surface area contributed by atoms with Crippen LogP contribution in [0.2, 0.25) is 0 Å². The minimum absolute atomic E-state index is 0.111. The zero-order valence-electron chi connectivity index (χ0n) is 15.7. The van der Waals surface area contributed by atoms with Gasteiger partial charge in [-0.25, -0.2) is 0 Å². The van der Waals surface area contributed by atoms with Gasteiger partial charge < -0.3 is 15.2 Å². The van der Waals surface area contributed by atoms with Crippen LogP contribution in [0.15, 0.2) is 59.5 Å². The molecule has 1 aliphatic heterocycles. The van der Waals surface area contributed by atoms with Crippen LogP contribution in [0.4, 0.5) is 0 Å². The van der Waals surface area contributed by atoms with Crippen molar-refractivity contribution in [2.24, 2.45) is 0 Å². The zero-order chi connectivity index (χ0) is 19.3. The first-order valence-electron chi connectivity index (χ1n) is 9.76. The molecule has 0 saturated carbocycles. The minimum Gasteiger partial charge on any atom is -0.328 e. The molecule has 2 aromatic heterocycles. The number of carbonyl (C=O) groups excluding carboxylic acids is 1. The number of aromatic nitrogens is 2. The van der Waals surface area contributed by atoms with Gasteiger partial charge in [0.15, 0.2) is 0 Å². The summed E-state index contributed by atoms with van der Waals surface area (Å²) in [6.45, 7) is 2.28. The maximum Gasteiger partial charge on any atom is 0.270 e. The molecule has 3 aromatic rings. The Morgan fingerprint density at radius 2 is 1.96 bits per heavy atom. The topological polar surface area (TPSA) is 78.1 Å². The molecule has 2 N–H and O–H groups in total. The highest BCUT2D eigenvalue weighted by Crippen LogP contribution is 2.20. The molecule has 28 heavy (non-hydrogen) atoms. The quantitative estimate of drug-likeness (QED) is 0.734. The van der Waals surface area contributed by atoms with Crippen molar-refractivity contribution in [3.05, 3.63) is 76.5 Å². The van der Waals surface area contributed by atoms with Crippen molar-refractivity contribution >= 4 is 16.7 Å². The van der Waals surface area contributed by atoms with Gasteiger partial charge in [-0.1, -0.05) is 24.3 Å². The standard InChI is InChI=1S/C22H24N4O2/c27-21-19-9-2-1-6-16(19)14-20(25-21)22(28)26(15-17-7-3-4-12-24-17)18-8-5-11-23-13-10-18/h1-4,6-7,9,12,14,18,23H,5,8,10-11,13,15H2,(H,25,27). The number of fused-ring (bicyclic) bond motifs is 1. The summed E-state index contributed by atoms with van der Waals surface area (Å²) in [6, 6.07) is 14.9. The summed E-state index contributed by atoms with van der Waals surface area (Å²) in [4.78, 5) is 35.0. The Kier molecular flexibility index (Phi) is 5.48. The molecule has 0 spiro atoms. The van der Waals surface area contributed by atoms with E-state index in [0.717, 1.165) is 43.4 Å². The Morgan fingerprint density at radius 1 is 1.11 bits per heavy atom. The van der Waals surface area contributed by atoms with E-state index >= 15 is 0 Å². The van der Waals surface area contributed by atoms with Crippen LogP contribution >= 0.6 is 0 Å². The van der Waals surface area contributed by atoms with Gasteiger partial charge in [-0.2, -0.15) is 0 Å². The van der Waals surface area contributed by atoms with Gasteiger partial charge in [0.2, 0.25) is 0 Å². The van der Waals surface area contributed by atoms with Crippen LogP contribution < -0.4 is 10.9 Å². The van der Waals surface area contributed by atoms with Gasteiger partial charge in [0.1, 0.15) is 5.69 Å². The number of hydrogen-bond acceptors (Lipinski definition) is 4. The van der Waals surface area contributed by atoms with Crippen LogP contribution in [0.5, 0.6) is 0 Å². The van der Waals surface area contributed by atoms with Crippen LogP contribution in [0.3, 0.4) is 0 Å². The first kappa shape index (κ1) is 18.4. The molecular formula is C22H24N4O2. The van der Waals surface area contributed by atoms with Crippen molar-refractivity contribution in [2.75, 3.05) is 13.1 Å². The van der Waals surface area contributed by atoms with Crippen molar-refractivity contribution in [1.82, 2.24) is 20.2 Å². The van der Waals surface area contributed by atoms with E-state index in [-0.39, 0.29) is 17.5 Å². The third-order valence-corrected chi connectivity index (χ3v) is 5.29. The lowest BCUT2D eigenvalue weighted by Crippen LogP contribution is -2.41. The monoisotopic (exact) mass is 376 g/mol. The third-order valence-electron chi connectivity index (χ3n) is 5.29. The normalized spacial score (nSPS) is 17.2. The van der Waals surface area contributed by atoms with Gasteiger partial charge in [0.05, 0.1) is 12.2 Å². The van der Waals surface area contributed by atoms with E-state index in [1.807, 2.05) is 41.3 Å². The average Bonchev–Trinajstić information content (AvgIpc) is 3.02. The van der Waals surface area contributed by atoms with Crippen molar-refractivity contribution in [1.29, 1.82) is 0 Å². The van der Waals surface area contributed by atoms with E-state index in [0.29, 0.717) is 17.6 Å². The molecule has 1 aromatic carbocycles. The summed E-state index contributed by atoms with van der Waals surface area (Å²) >= 11 is 0. The van der Waals surface area contributed by atoms with Crippen molar-refractivity contribution in [3.8, 4) is 0 Å². The van der Waals surface area contributed by atoms with E-state index in [2.05, 4.69) is 15.3 Å². The molecule has 144 valence electrons. The summed E-state index contributed by atoms with van der Waals surface area (Å²) in [6.07, 6.45) is 4.58. The smallest absolute Gasteiger partial charge is 0.270 e. The number of amides is 1. The number of nitrogens with zero attached hydrogens (tertiary/aromatic N) is 2. The zero-order valence-corrected chi connectivity index (χ0v) is 15.7. The molecule has 6 nitrogen and oxygen atoms in total. The van der Waals surface area contributed by atoms with Gasteiger partial charge in [0.25, 0.3) is 11.5 Å². The molecule has 3 heterocycles. The second kappa shape index (κ2) is 8.35. The summed E-state index contributed by atoms with van der Waals surface area (Å²) in [7, 11) is 0. The van der Waals surface area contributed by atoms with Crippen LogP contribution in [0.25, 0.3) is 10.8 Å². The number of carbonyl (C=O) groups is 1. The molecule has 1 aliphatic rings. The molecule has 0 bridgehead atoms. The second-order valence-electron chi connectivity index (χ2n) is 7.19. The first-order valence-corrected chi connectivity index (χ1v) is 9.76. The largest absolute Gasteiger partial charge is 0.328 e. The van der Waals surface area contributed by atoms with Gasteiger partial charge in [-0.3, -0.25) is 14.6 Å². The molecule has 0 radical (unpaired) electrons. The molecule has 1 saturated heterocycles. The van der Waals surface area contributed by atoms with Crippen molar-refractivity contribution in [2.45, 2.75) is 31.8 Å². The van der Waals surface area contributed by atoms with E-state index in [1.54, 1.807) is 18.3 Å². The van der Waals surface area contributed by atoms with Crippen LogP contribution in [0.1, 0.15) is 35.4 Å². The number of hydrogen-bond donors (Lipinski definition) is 2. The van der Waals surface area contributed by atoms with Crippen molar-refractivity contribution in [3.63, 3.8) is 0 Å². The summed E-state index contributed by atoms with van der Waals surface area (Å²) in [5.74, 6) is -0.152.